The average molecular weight is 399 g/mol. The van der Waals surface area contributed by atoms with Gasteiger partial charge in [-0.2, -0.15) is 5.10 Å². The van der Waals surface area contributed by atoms with E-state index in [0.29, 0.717) is 23.6 Å². The molecular weight excluding hydrogens is 377 g/mol. The molecule has 0 fully saturated rings. The molecule has 5 heteroatoms. The first-order valence-electron chi connectivity index (χ1n) is 9.93. The van der Waals surface area contributed by atoms with Gasteiger partial charge in [0.25, 0.3) is 0 Å². The second-order valence-corrected chi connectivity index (χ2v) is 7.03. The van der Waals surface area contributed by atoms with Crippen molar-refractivity contribution in [2.75, 3.05) is 5.32 Å². The summed E-state index contributed by atoms with van der Waals surface area (Å²) in [6.07, 6.45) is 0.662. The molecule has 0 aliphatic heterocycles. The number of carbonyl (C=O) groups excluding carboxylic acids is 1. The summed E-state index contributed by atoms with van der Waals surface area (Å²) in [5.74, 6) is -0.279. The lowest BCUT2D eigenvalue weighted by molar-refractivity contribution is -0.117. The van der Waals surface area contributed by atoms with E-state index in [0.717, 1.165) is 11.1 Å². The molecule has 3 aromatic carbocycles. The molecule has 1 aromatic heterocycles. The Labute approximate surface area is 175 Å². The molecule has 4 nitrogen and oxygen atoms in total. The Morgan fingerprint density at radius 3 is 2.33 bits per heavy atom. The van der Waals surface area contributed by atoms with Crippen LogP contribution in [0.15, 0.2) is 91.0 Å². The average Bonchev–Trinajstić information content (AvgIpc) is 3.19. The minimum Gasteiger partial charge on any atom is -0.310 e. The zero-order valence-corrected chi connectivity index (χ0v) is 16.6. The Morgan fingerprint density at radius 2 is 1.67 bits per heavy atom. The predicted molar refractivity (Wildman–Crippen MR) is 117 cm³/mol. The summed E-state index contributed by atoms with van der Waals surface area (Å²) in [5.41, 5.74) is 3.11. The second-order valence-electron chi connectivity index (χ2n) is 7.03. The van der Waals surface area contributed by atoms with Crippen molar-refractivity contribution in [3.63, 3.8) is 0 Å². The quantitative estimate of drug-likeness (QED) is 0.445. The number of carbonyl (C=O) groups is 1. The molecule has 1 N–H and O–H groups in total. The maximum atomic E-state index is 13.9. The van der Waals surface area contributed by atoms with E-state index in [9.17, 15) is 9.18 Å². The molecule has 0 saturated heterocycles. The Kier molecular flexibility index (Phi) is 5.70. The number of hydrogen-bond acceptors (Lipinski definition) is 2. The zero-order valence-electron chi connectivity index (χ0n) is 16.6. The van der Waals surface area contributed by atoms with Crippen LogP contribution < -0.4 is 5.32 Å². The van der Waals surface area contributed by atoms with Crippen molar-refractivity contribution in [2.24, 2.45) is 0 Å². The third-order valence-electron chi connectivity index (χ3n) is 5.01. The topological polar surface area (TPSA) is 46.9 Å². The second kappa shape index (κ2) is 8.74. The highest BCUT2D eigenvalue weighted by Crippen LogP contribution is 2.27. The van der Waals surface area contributed by atoms with Gasteiger partial charge >= 0.3 is 0 Å². The van der Waals surface area contributed by atoms with Crippen LogP contribution in [-0.2, 0) is 4.79 Å². The van der Waals surface area contributed by atoms with Crippen LogP contribution in [0.1, 0.15) is 24.8 Å². The van der Waals surface area contributed by atoms with Crippen LogP contribution in [-0.4, -0.2) is 15.7 Å². The van der Waals surface area contributed by atoms with Crippen LogP contribution in [0.25, 0.3) is 16.9 Å². The number of halogens is 1. The number of hydrogen-bond donors (Lipinski definition) is 1. The highest BCUT2D eigenvalue weighted by atomic mass is 19.1. The third kappa shape index (κ3) is 4.15. The van der Waals surface area contributed by atoms with E-state index in [1.54, 1.807) is 16.8 Å². The largest absolute Gasteiger partial charge is 0.310 e. The van der Waals surface area contributed by atoms with Gasteiger partial charge in [0.05, 0.1) is 17.3 Å². The molecule has 0 radical (unpaired) electrons. The minimum atomic E-state index is -0.364. The van der Waals surface area contributed by atoms with Crippen molar-refractivity contribution in [2.45, 2.75) is 19.3 Å². The summed E-state index contributed by atoms with van der Waals surface area (Å²) in [6, 6.07) is 27.3. The van der Waals surface area contributed by atoms with Gasteiger partial charge in [0, 0.05) is 11.6 Å². The Morgan fingerprint density at radius 1 is 0.967 bits per heavy atom. The smallest absolute Gasteiger partial charge is 0.233 e. The Bertz CT molecular complexity index is 1140. The SMILES string of the molecule is CCC(C(=O)Nc1cc(-c2ccccc2)nn1-c1cccc(F)c1)c1ccccc1. The molecule has 0 bridgehead atoms. The van der Waals surface area contributed by atoms with Gasteiger partial charge in [-0.3, -0.25) is 4.79 Å². The van der Waals surface area contributed by atoms with Gasteiger partial charge in [-0.1, -0.05) is 73.7 Å². The Hall–Kier alpha value is -3.73. The van der Waals surface area contributed by atoms with Gasteiger partial charge in [0.2, 0.25) is 5.91 Å². The number of aromatic nitrogens is 2. The fourth-order valence-electron chi connectivity index (χ4n) is 3.50. The van der Waals surface area contributed by atoms with E-state index in [1.807, 2.05) is 73.7 Å². The molecule has 0 saturated carbocycles. The number of rotatable bonds is 6. The van der Waals surface area contributed by atoms with Crippen molar-refractivity contribution >= 4 is 11.7 Å². The van der Waals surface area contributed by atoms with E-state index < -0.39 is 0 Å². The molecule has 4 rings (SSSR count). The Balaban J connectivity index is 1.72. The van der Waals surface area contributed by atoms with Crippen molar-refractivity contribution in [1.82, 2.24) is 9.78 Å². The fourth-order valence-corrected chi connectivity index (χ4v) is 3.50. The molecule has 1 atom stereocenters. The van der Waals surface area contributed by atoms with E-state index >= 15 is 0 Å². The van der Waals surface area contributed by atoms with Crippen LogP contribution in [0, 0.1) is 5.82 Å². The van der Waals surface area contributed by atoms with E-state index in [-0.39, 0.29) is 17.6 Å². The van der Waals surface area contributed by atoms with Crippen LogP contribution >= 0.6 is 0 Å². The van der Waals surface area contributed by atoms with Gasteiger partial charge in [0.1, 0.15) is 11.6 Å². The van der Waals surface area contributed by atoms with Crippen molar-refractivity contribution in [1.29, 1.82) is 0 Å². The van der Waals surface area contributed by atoms with Crippen LogP contribution in [0.5, 0.6) is 0 Å². The van der Waals surface area contributed by atoms with Crippen molar-refractivity contribution in [3.8, 4) is 16.9 Å². The number of benzene rings is 3. The molecule has 4 aromatic rings. The first-order chi connectivity index (χ1) is 14.7. The van der Waals surface area contributed by atoms with Gasteiger partial charge < -0.3 is 5.32 Å². The van der Waals surface area contributed by atoms with Gasteiger partial charge in [0.15, 0.2) is 0 Å². The van der Waals surface area contributed by atoms with Crippen molar-refractivity contribution < 1.29 is 9.18 Å². The lowest BCUT2D eigenvalue weighted by Gasteiger charge is -2.16. The molecule has 1 heterocycles. The normalized spacial score (nSPS) is 11.8. The third-order valence-corrected chi connectivity index (χ3v) is 5.01. The van der Waals surface area contributed by atoms with Crippen LogP contribution in [0.3, 0.4) is 0 Å². The minimum absolute atomic E-state index is 0.124. The number of anilines is 1. The molecule has 1 amide bonds. The summed E-state index contributed by atoms with van der Waals surface area (Å²) >= 11 is 0. The van der Waals surface area contributed by atoms with E-state index in [2.05, 4.69) is 10.4 Å². The number of amides is 1. The molecule has 0 aliphatic carbocycles. The molecule has 0 spiro atoms. The summed E-state index contributed by atoms with van der Waals surface area (Å²) < 4.78 is 15.4. The molecule has 150 valence electrons. The monoisotopic (exact) mass is 399 g/mol. The maximum Gasteiger partial charge on any atom is 0.233 e. The lowest BCUT2D eigenvalue weighted by Crippen LogP contribution is -2.22. The molecular formula is C25H22FN3O. The molecule has 30 heavy (non-hydrogen) atoms. The number of nitrogens with zero attached hydrogens (tertiary/aromatic N) is 2. The first-order valence-corrected chi connectivity index (χ1v) is 9.93. The predicted octanol–water partition coefficient (Wildman–Crippen LogP) is 5.81. The highest BCUT2D eigenvalue weighted by Gasteiger charge is 2.21. The summed E-state index contributed by atoms with van der Waals surface area (Å²) in [6.45, 7) is 1.98. The summed E-state index contributed by atoms with van der Waals surface area (Å²) in [5, 5.41) is 7.65. The van der Waals surface area contributed by atoms with Gasteiger partial charge in [-0.05, 0) is 30.2 Å². The fraction of sp³-hybridized carbons (Fsp3) is 0.120. The van der Waals surface area contributed by atoms with Crippen LogP contribution in [0.4, 0.5) is 10.2 Å². The highest BCUT2D eigenvalue weighted by molar-refractivity contribution is 5.95. The summed E-state index contributed by atoms with van der Waals surface area (Å²) in [4.78, 5) is 13.1. The maximum absolute atomic E-state index is 13.9. The van der Waals surface area contributed by atoms with Gasteiger partial charge in [-0.25, -0.2) is 9.07 Å². The number of nitrogens with one attached hydrogen (secondary N) is 1. The van der Waals surface area contributed by atoms with Gasteiger partial charge in [-0.15, -0.1) is 0 Å². The first kappa shape index (κ1) is 19.6. The molecule has 1 unspecified atom stereocenters. The van der Waals surface area contributed by atoms with E-state index in [1.165, 1.54) is 12.1 Å². The van der Waals surface area contributed by atoms with Crippen molar-refractivity contribution in [3.05, 3.63) is 102 Å². The van der Waals surface area contributed by atoms with Crippen LogP contribution in [0.2, 0.25) is 0 Å². The summed E-state index contributed by atoms with van der Waals surface area (Å²) in [7, 11) is 0. The van der Waals surface area contributed by atoms with E-state index in [4.69, 9.17) is 0 Å². The standard InChI is InChI=1S/C25H22FN3O/c1-2-22(18-10-5-3-6-11-18)25(30)27-24-17-23(19-12-7-4-8-13-19)28-29(24)21-15-9-14-20(26)16-21/h3-17,22H,2H2,1H3,(H,27,30). The molecule has 0 aliphatic rings. The zero-order chi connectivity index (χ0) is 20.9. The lowest BCUT2D eigenvalue weighted by atomic mass is 9.96.